The minimum Gasteiger partial charge on any atom is -0.457 e. The molecule has 0 unspecified atom stereocenters. The molecule has 1 aromatic heterocycles. The van der Waals surface area contributed by atoms with Crippen LogP contribution in [-0.4, -0.2) is 5.11 Å². The third kappa shape index (κ3) is 2.66. The highest BCUT2D eigenvalue weighted by Gasteiger charge is 2.07. The summed E-state index contributed by atoms with van der Waals surface area (Å²) in [6.07, 6.45) is 0. The number of para-hydroxylation sites is 1. The van der Waals surface area contributed by atoms with E-state index in [9.17, 15) is 9.90 Å². The summed E-state index contributed by atoms with van der Waals surface area (Å²) in [7, 11) is 0. The highest BCUT2D eigenvalue weighted by Crippen LogP contribution is 2.28. The van der Waals surface area contributed by atoms with Gasteiger partial charge in [0.15, 0.2) is 0 Å². The molecule has 4 heteroatoms. The van der Waals surface area contributed by atoms with Crippen molar-refractivity contribution in [3.63, 3.8) is 0 Å². The summed E-state index contributed by atoms with van der Waals surface area (Å²) in [4.78, 5) is 11.4. The normalized spacial score (nSPS) is 10.8. The van der Waals surface area contributed by atoms with Gasteiger partial charge in [0.1, 0.15) is 17.1 Å². The molecule has 0 saturated heterocycles. The van der Waals surface area contributed by atoms with E-state index in [0.717, 1.165) is 10.9 Å². The molecule has 4 nitrogen and oxygen atoms in total. The van der Waals surface area contributed by atoms with Gasteiger partial charge in [0.05, 0.1) is 6.61 Å². The van der Waals surface area contributed by atoms with Crippen LogP contribution < -0.4 is 10.4 Å². The van der Waals surface area contributed by atoms with Crippen molar-refractivity contribution in [2.45, 2.75) is 13.5 Å². The maximum absolute atomic E-state index is 11.4. The lowest BCUT2D eigenvalue weighted by Crippen LogP contribution is -1.98. The second-order valence-corrected chi connectivity index (χ2v) is 4.77. The van der Waals surface area contributed by atoms with Gasteiger partial charge in [-0.1, -0.05) is 18.2 Å². The highest BCUT2D eigenvalue weighted by molar-refractivity contribution is 5.81. The predicted octanol–water partition coefficient (Wildman–Crippen LogP) is 3.39. The van der Waals surface area contributed by atoms with Crippen LogP contribution in [0.15, 0.2) is 57.7 Å². The Kier molecular flexibility index (Phi) is 3.46. The fraction of sp³-hybridized carbons (Fsp3) is 0.118. The summed E-state index contributed by atoms with van der Waals surface area (Å²) >= 11 is 0. The summed E-state index contributed by atoms with van der Waals surface area (Å²) in [5.41, 5.74) is 1.67. The first kappa shape index (κ1) is 13.4. The number of hydrogen-bond acceptors (Lipinski definition) is 4. The number of benzene rings is 2. The average Bonchev–Trinajstić information content (AvgIpc) is 2.47. The Morgan fingerprint density at radius 3 is 2.76 bits per heavy atom. The van der Waals surface area contributed by atoms with E-state index in [1.165, 1.54) is 6.07 Å². The Morgan fingerprint density at radius 1 is 1.14 bits per heavy atom. The van der Waals surface area contributed by atoms with Crippen molar-refractivity contribution in [3.05, 3.63) is 70.1 Å². The molecule has 1 N–H and O–H groups in total. The van der Waals surface area contributed by atoms with Gasteiger partial charge in [0.2, 0.25) is 0 Å². The molecule has 0 aliphatic carbocycles. The Labute approximate surface area is 121 Å². The van der Waals surface area contributed by atoms with Crippen LogP contribution in [0.5, 0.6) is 11.5 Å². The van der Waals surface area contributed by atoms with Crippen molar-refractivity contribution in [2.75, 3.05) is 0 Å². The molecule has 0 fully saturated rings. The molecule has 0 spiro atoms. The van der Waals surface area contributed by atoms with Gasteiger partial charge in [0.25, 0.3) is 0 Å². The first-order valence-electron chi connectivity index (χ1n) is 6.58. The van der Waals surface area contributed by atoms with Crippen molar-refractivity contribution in [1.82, 2.24) is 0 Å². The van der Waals surface area contributed by atoms with E-state index in [-0.39, 0.29) is 12.2 Å². The largest absolute Gasteiger partial charge is 0.457 e. The first-order chi connectivity index (χ1) is 10.2. The van der Waals surface area contributed by atoms with Gasteiger partial charge >= 0.3 is 5.63 Å². The predicted molar refractivity (Wildman–Crippen MR) is 79.7 cm³/mol. The van der Waals surface area contributed by atoms with E-state index < -0.39 is 0 Å². The van der Waals surface area contributed by atoms with Crippen molar-refractivity contribution in [2.24, 2.45) is 0 Å². The highest BCUT2D eigenvalue weighted by atomic mass is 16.5. The zero-order chi connectivity index (χ0) is 14.8. The van der Waals surface area contributed by atoms with Crippen LogP contribution in [0.25, 0.3) is 11.0 Å². The Morgan fingerprint density at radius 2 is 1.95 bits per heavy atom. The number of rotatable bonds is 3. The summed E-state index contributed by atoms with van der Waals surface area (Å²) in [5, 5.41) is 10.2. The summed E-state index contributed by atoms with van der Waals surface area (Å²) in [6, 6.07) is 14.0. The summed E-state index contributed by atoms with van der Waals surface area (Å²) in [6.45, 7) is 1.76. The first-order valence-corrected chi connectivity index (χ1v) is 6.58. The molecular weight excluding hydrogens is 268 g/mol. The fourth-order valence-corrected chi connectivity index (χ4v) is 2.23. The quantitative estimate of drug-likeness (QED) is 0.748. The van der Waals surface area contributed by atoms with Crippen LogP contribution in [0.3, 0.4) is 0 Å². The Hall–Kier alpha value is -2.59. The van der Waals surface area contributed by atoms with Crippen LogP contribution in [0, 0.1) is 6.92 Å². The van der Waals surface area contributed by atoms with Crippen LogP contribution in [0.1, 0.15) is 11.1 Å². The van der Waals surface area contributed by atoms with Crippen LogP contribution in [-0.2, 0) is 6.61 Å². The molecule has 0 aliphatic heterocycles. The minimum absolute atomic E-state index is 0.0993. The zero-order valence-corrected chi connectivity index (χ0v) is 11.5. The topological polar surface area (TPSA) is 59.7 Å². The summed E-state index contributed by atoms with van der Waals surface area (Å²) in [5.74, 6) is 1.13. The van der Waals surface area contributed by atoms with E-state index >= 15 is 0 Å². The average molecular weight is 282 g/mol. The Bertz CT molecular complexity index is 849. The molecule has 21 heavy (non-hydrogen) atoms. The van der Waals surface area contributed by atoms with E-state index in [4.69, 9.17) is 9.15 Å². The lowest BCUT2D eigenvalue weighted by atomic mass is 10.1. The monoisotopic (exact) mass is 282 g/mol. The molecule has 3 rings (SSSR count). The molecule has 0 bridgehead atoms. The molecular formula is C17H14O4. The van der Waals surface area contributed by atoms with Gasteiger partial charge in [-0.15, -0.1) is 0 Å². The second-order valence-electron chi connectivity index (χ2n) is 4.77. The van der Waals surface area contributed by atoms with E-state index in [0.29, 0.717) is 22.6 Å². The number of fused-ring (bicyclic) bond motifs is 1. The third-order valence-electron chi connectivity index (χ3n) is 3.29. The molecule has 2 aromatic carbocycles. The molecule has 106 valence electrons. The van der Waals surface area contributed by atoms with E-state index in [1.807, 2.05) is 31.2 Å². The number of aliphatic hydroxyl groups is 1. The molecule has 1 heterocycles. The molecule has 0 amide bonds. The van der Waals surface area contributed by atoms with E-state index in [1.54, 1.807) is 18.2 Å². The minimum atomic E-state index is -0.382. The van der Waals surface area contributed by atoms with Gasteiger partial charge in [-0.05, 0) is 30.7 Å². The summed E-state index contributed by atoms with van der Waals surface area (Å²) < 4.78 is 11.0. The van der Waals surface area contributed by atoms with Gasteiger partial charge in [-0.2, -0.15) is 0 Å². The molecule has 0 atom stereocenters. The molecule has 0 saturated carbocycles. The Balaban J connectivity index is 2.03. The molecule has 0 aliphatic rings. The van der Waals surface area contributed by atoms with Gasteiger partial charge < -0.3 is 14.3 Å². The van der Waals surface area contributed by atoms with Crippen molar-refractivity contribution in [3.8, 4) is 11.5 Å². The standard InChI is InChI=1S/C17H14O4/c1-11-8-17(19)21-16-9-13(6-7-14(11)16)20-15-5-3-2-4-12(15)10-18/h2-9,18H,10H2,1H3. The molecule has 0 radical (unpaired) electrons. The van der Waals surface area contributed by atoms with Crippen LogP contribution in [0.2, 0.25) is 0 Å². The molecule has 3 aromatic rings. The van der Waals surface area contributed by atoms with Gasteiger partial charge in [0, 0.05) is 23.1 Å². The van der Waals surface area contributed by atoms with Crippen molar-refractivity contribution >= 4 is 11.0 Å². The SMILES string of the molecule is Cc1cc(=O)oc2cc(Oc3ccccc3CO)ccc12. The smallest absolute Gasteiger partial charge is 0.336 e. The maximum atomic E-state index is 11.4. The maximum Gasteiger partial charge on any atom is 0.336 e. The number of hydrogen-bond donors (Lipinski definition) is 1. The third-order valence-corrected chi connectivity index (χ3v) is 3.29. The fourth-order valence-electron chi connectivity index (χ4n) is 2.23. The number of aliphatic hydroxyl groups excluding tert-OH is 1. The van der Waals surface area contributed by atoms with Crippen LogP contribution >= 0.6 is 0 Å². The number of aryl methyl sites for hydroxylation is 1. The lowest BCUT2D eigenvalue weighted by Gasteiger charge is -2.10. The number of ether oxygens (including phenoxy) is 1. The van der Waals surface area contributed by atoms with Crippen molar-refractivity contribution in [1.29, 1.82) is 0 Å². The van der Waals surface area contributed by atoms with E-state index in [2.05, 4.69) is 0 Å². The lowest BCUT2D eigenvalue weighted by molar-refractivity contribution is 0.276. The second kappa shape index (κ2) is 5.42. The van der Waals surface area contributed by atoms with Crippen molar-refractivity contribution < 1.29 is 14.3 Å². The van der Waals surface area contributed by atoms with Gasteiger partial charge in [-0.25, -0.2) is 4.79 Å². The van der Waals surface area contributed by atoms with Crippen LogP contribution in [0.4, 0.5) is 0 Å². The zero-order valence-electron chi connectivity index (χ0n) is 11.5. The van der Waals surface area contributed by atoms with Gasteiger partial charge in [-0.3, -0.25) is 0 Å².